The molecule has 1 saturated heterocycles. The lowest BCUT2D eigenvalue weighted by molar-refractivity contribution is 0.244. The molecule has 0 bridgehead atoms. The van der Waals surface area contributed by atoms with E-state index in [1.807, 2.05) is 12.1 Å². The number of piperidine rings is 1. The zero-order valence-corrected chi connectivity index (χ0v) is 9.40. The van der Waals surface area contributed by atoms with Crippen LogP contribution in [0.3, 0.4) is 0 Å². The van der Waals surface area contributed by atoms with Gasteiger partial charge in [0.05, 0.1) is 5.69 Å². The lowest BCUT2D eigenvalue weighted by Crippen LogP contribution is -2.36. The van der Waals surface area contributed by atoms with E-state index in [0.717, 1.165) is 32.4 Å². The van der Waals surface area contributed by atoms with Crippen molar-refractivity contribution >= 4 is 5.69 Å². The van der Waals surface area contributed by atoms with Crippen LogP contribution in [0.2, 0.25) is 0 Å². The van der Waals surface area contributed by atoms with Crippen LogP contribution in [0.1, 0.15) is 19.3 Å². The van der Waals surface area contributed by atoms with Gasteiger partial charge in [-0.1, -0.05) is 12.1 Å². The molecule has 1 fully saturated rings. The molecule has 2 nitrogen and oxygen atoms in total. The van der Waals surface area contributed by atoms with E-state index in [4.69, 9.17) is 5.11 Å². The van der Waals surface area contributed by atoms with Gasteiger partial charge in [0.25, 0.3) is 0 Å². The molecule has 16 heavy (non-hydrogen) atoms. The molecule has 1 unspecified atom stereocenters. The van der Waals surface area contributed by atoms with Crippen molar-refractivity contribution in [2.75, 3.05) is 24.6 Å². The molecule has 0 aliphatic carbocycles. The van der Waals surface area contributed by atoms with Crippen LogP contribution in [0.4, 0.5) is 10.1 Å². The van der Waals surface area contributed by atoms with Gasteiger partial charge in [0.1, 0.15) is 5.82 Å². The molecule has 1 aromatic carbocycles. The molecule has 1 atom stereocenters. The number of rotatable bonds is 3. The fourth-order valence-corrected chi connectivity index (χ4v) is 2.41. The van der Waals surface area contributed by atoms with Crippen molar-refractivity contribution in [1.82, 2.24) is 0 Å². The average molecular weight is 223 g/mol. The molecule has 88 valence electrons. The summed E-state index contributed by atoms with van der Waals surface area (Å²) in [5, 5.41) is 8.94. The van der Waals surface area contributed by atoms with E-state index in [1.165, 1.54) is 6.07 Å². The lowest BCUT2D eigenvalue weighted by atomic mass is 9.95. The van der Waals surface area contributed by atoms with Gasteiger partial charge < -0.3 is 10.0 Å². The molecule has 0 spiro atoms. The first-order valence-electron chi connectivity index (χ1n) is 5.91. The molecule has 0 amide bonds. The van der Waals surface area contributed by atoms with Crippen molar-refractivity contribution in [2.24, 2.45) is 5.92 Å². The lowest BCUT2D eigenvalue weighted by Gasteiger charge is -2.34. The Morgan fingerprint density at radius 1 is 1.38 bits per heavy atom. The Labute approximate surface area is 95.7 Å². The number of nitrogens with zero attached hydrogens (tertiary/aromatic N) is 1. The maximum atomic E-state index is 13.6. The number of aliphatic hydroxyl groups excluding tert-OH is 1. The highest BCUT2D eigenvalue weighted by Crippen LogP contribution is 2.26. The Kier molecular flexibility index (Phi) is 3.78. The Balaban J connectivity index is 2.07. The molecule has 3 heteroatoms. The van der Waals surface area contributed by atoms with Crippen LogP contribution < -0.4 is 4.90 Å². The molecule has 1 aliphatic rings. The summed E-state index contributed by atoms with van der Waals surface area (Å²) in [5.41, 5.74) is 0.699. The second-order valence-electron chi connectivity index (χ2n) is 4.42. The minimum Gasteiger partial charge on any atom is -0.396 e. The molecule has 1 aromatic rings. The number of benzene rings is 1. The van der Waals surface area contributed by atoms with Crippen molar-refractivity contribution in [3.8, 4) is 0 Å². The third-order valence-electron chi connectivity index (χ3n) is 3.25. The summed E-state index contributed by atoms with van der Waals surface area (Å²) in [5.74, 6) is 0.352. The Morgan fingerprint density at radius 3 is 2.94 bits per heavy atom. The van der Waals surface area contributed by atoms with E-state index in [0.29, 0.717) is 11.6 Å². The van der Waals surface area contributed by atoms with Crippen LogP contribution in [-0.4, -0.2) is 24.8 Å². The van der Waals surface area contributed by atoms with E-state index < -0.39 is 0 Å². The normalized spacial score (nSPS) is 21.1. The number of hydrogen-bond donors (Lipinski definition) is 1. The highest BCUT2D eigenvalue weighted by atomic mass is 19.1. The van der Waals surface area contributed by atoms with Crippen LogP contribution in [0.5, 0.6) is 0 Å². The minimum atomic E-state index is -0.146. The van der Waals surface area contributed by atoms with Crippen LogP contribution in [0, 0.1) is 11.7 Å². The fraction of sp³-hybridized carbons (Fsp3) is 0.538. The van der Waals surface area contributed by atoms with Crippen molar-refractivity contribution in [1.29, 1.82) is 0 Å². The number of para-hydroxylation sites is 1. The van der Waals surface area contributed by atoms with E-state index in [1.54, 1.807) is 6.07 Å². The summed E-state index contributed by atoms with van der Waals surface area (Å²) in [4.78, 5) is 2.10. The summed E-state index contributed by atoms with van der Waals surface area (Å²) in [6.45, 7) is 2.01. The summed E-state index contributed by atoms with van der Waals surface area (Å²) >= 11 is 0. The van der Waals surface area contributed by atoms with Crippen molar-refractivity contribution in [3.63, 3.8) is 0 Å². The van der Waals surface area contributed by atoms with Gasteiger partial charge in [-0.3, -0.25) is 0 Å². The molecular weight excluding hydrogens is 205 g/mol. The van der Waals surface area contributed by atoms with Gasteiger partial charge in [-0.15, -0.1) is 0 Å². The van der Waals surface area contributed by atoms with Gasteiger partial charge in [-0.25, -0.2) is 4.39 Å². The van der Waals surface area contributed by atoms with Crippen molar-refractivity contribution in [3.05, 3.63) is 30.1 Å². The van der Waals surface area contributed by atoms with Crippen LogP contribution in [0.25, 0.3) is 0 Å². The molecule has 2 rings (SSSR count). The first kappa shape index (κ1) is 11.4. The quantitative estimate of drug-likeness (QED) is 0.850. The number of hydrogen-bond acceptors (Lipinski definition) is 2. The first-order valence-corrected chi connectivity index (χ1v) is 5.91. The number of anilines is 1. The molecular formula is C13H18FNO. The van der Waals surface area contributed by atoms with E-state index >= 15 is 0 Å². The molecule has 1 aliphatic heterocycles. The standard InChI is InChI=1S/C13H18FNO/c14-12-5-1-2-6-13(12)15-8-3-4-11(10-15)7-9-16/h1-2,5-6,11,16H,3-4,7-10H2. The third kappa shape index (κ3) is 2.53. The summed E-state index contributed by atoms with van der Waals surface area (Å²) in [7, 11) is 0. The largest absolute Gasteiger partial charge is 0.396 e. The van der Waals surface area contributed by atoms with E-state index in [9.17, 15) is 4.39 Å². The maximum Gasteiger partial charge on any atom is 0.146 e. The molecule has 0 radical (unpaired) electrons. The minimum absolute atomic E-state index is 0.146. The Hall–Kier alpha value is -1.09. The predicted molar refractivity (Wildman–Crippen MR) is 63.0 cm³/mol. The van der Waals surface area contributed by atoms with Crippen molar-refractivity contribution in [2.45, 2.75) is 19.3 Å². The first-order chi connectivity index (χ1) is 7.81. The molecule has 1 heterocycles. The summed E-state index contributed by atoms with van der Waals surface area (Å²) in [6.07, 6.45) is 3.05. The molecule has 1 N–H and O–H groups in total. The zero-order chi connectivity index (χ0) is 11.4. The SMILES string of the molecule is OCCC1CCCN(c2ccccc2F)C1. The maximum absolute atomic E-state index is 13.6. The predicted octanol–water partition coefficient (Wildman–Crippen LogP) is 2.42. The van der Waals surface area contributed by atoms with Crippen LogP contribution in [-0.2, 0) is 0 Å². The highest BCUT2D eigenvalue weighted by molar-refractivity contribution is 5.47. The van der Waals surface area contributed by atoms with Crippen LogP contribution >= 0.6 is 0 Å². The topological polar surface area (TPSA) is 23.5 Å². The third-order valence-corrected chi connectivity index (χ3v) is 3.25. The Morgan fingerprint density at radius 2 is 2.19 bits per heavy atom. The van der Waals surface area contributed by atoms with Gasteiger partial charge in [0.2, 0.25) is 0 Å². The van der Waals surface area contributed by atoms with Gasteiger partial charge in [-0.05, 0) is 37.3 Å². The number of aliphatic hydroxyl groups is 1. The molecule has 0 aromatic heterocycles. The van der Waals surface area contributed by atoms with Crippen molar-refractivity contribution < 1.29 is 9.50 Å². The highest BCUT2D eigenvalue weighted by Gasteiger charge is 2.21. The van der Waals surface area contributed by atoms with Gasteiger partial charge >= 0.3 is 0 Å². The number of halogens is 1. The second kappa shape index (κ2) is 5.30. The molecule has 0 saturated carbocycles. The summed E-state index contributed by atoms with van der Waals surface area (Å²) in [6, 6.07) is 6.92. The summed E-state index contributed by atoms with van der Waals surface area (Å²) < 4.78 is 13.6. The second-order valence-corrected chi connectivity index (χ2v) is 4.42. The Bertz CT molecular complexity index is 340. The fourth-order valence-electron chi connectivity index (χ4n) is 2.41. The van der Waals surface area contributed by atoms with Crippen LogP contribution in [0.15, 0.2) is 24.3 Å². The smallest absolute Gasteiger partial charge is 0.146 e. The average Bonchev–Trinajstić information content (AvgIpc) is 2.30. The van der Waals surface area contributed by atoms with Gasteiger partial charge in [-0.2, -0.15) is 0 Å². The van der Waals surface area contributed by atoms with E-state index in [2.05, 4.69) is 4.90 Å². The van der Waals surface area contributed by atoms with Gasteiger partial charge in [0.15, 0.2) is 0 Å². The monoisotopic (exact) mass is 223 g/mol. The van der Waals surface area contributed by atoms with E-state index in [-0.39, 0.29) is 12.4 Å². The van der Waals surface area contributed by atoms with Gasteiger partial charge in [0, 0.05) is 19.7 Å². The zero-order valence-electron chi connectivity index (χ0n) is 9.40.